The van der Waals surface area contributed by atoms with Crippen molar-refractivity contribution in [1.82, 2.24) is 4.31 Å². The molecule has 1 amide bonds. The first kappa shape index (κ1) is 21.0. The van der Waals surface area contributed by atoms with E-state index in [0.29, 0.717) is 19.5 Å². The summed E-state index contributed by atoms with van der Waals surface area (Å²) in [6, 6.07) is 15.3. The van der Waals surface area contributed by atoms with Crippen LogP contribution in [0.25, 0.3) is 0 Å². The third kappa shape index (κ3) is 4.74. The van der Waals surface area contributed by atoms with Gasteiger partial charge in [-0.05, 0) is 42.0 Å². The molecule has 1 atom stereocenters. The first-order valence-electron chi connectivity index (χ1n) is 10.5. The van der Waals surface area contributed by atoms with Crippen LogP contribution in [-0.4, -0.2) is 37.5 Å². The zero-order chi connectivity index (χ0) is 21.1. The van der Waals surface area contributed by atoms with E-state index in [1.165, 1.54) is 10.6 Å². The molecule has 0 spiro atoms. The number of anilines is 1. The van der Waals surface area contributed by atoms with Crippen molar-refractivity contribution >= 4 is 21.6 Å². The summed E-state index contributed by atoms with van der Waals surface area (Å²) in [7, 11) is -3.24. The normalized spacial score (nSPS) is 18.7. The van der Waals surface area contributed by atoms with Crippen molar-refractivity contribution in [3.8, 4) is 0 Å². The lowest BCUT2D eigenvalue weighted by molar-refractivity contribution is -0.131. The van der Waals surface area contributed by atoms with E-state index in [1.54, 1.807) is 0 Å². The van der Waals surface area contributed by atoms with Crippen LogP contribution in [0.4, 0.5) is 5.69 Å². The Balaban J connectivity index is 1.56. The van der Waals surface area contributed by atoms with Gasteiger partial charge in [-0.25, -0.2) is 8.42 Å². The number of nitrogens with one attached hydrogen (secondary N) is 1. The number of nitrogens with zero attached hydrogens (tertiary/aromatic N) is 1. The molecule has 2 aliphatic rings. The lowest BCUT2D eigenvalue weighted by Crippen LogP contribution is -2.35. The molecule has 160 valence electrons. The zero-order valence-corrected chi connectivity index (χ0v) is 18.0. The monoisotopic (exact) mass is 428 g/mol. The lowest BCUT2D eigenvalue weighted by atomic mass is 9.98. The van der Waals surface area contributed by atoms with Crippen molar-refractivity contribution < 1.29 is 17.9 Å². The van der Waals surface area contributed by atoms with Crippen molar-refractivity contribution in [2.24, 2.45) is 0 Å². The third-order valence-electron chi connectivity index (χ3n) is 5.93. The van der Waals surface area contributed by atoms with Crippen LogP contribution in [0, 0.1) is 0 Å². The van der Waals surface area contributed by atoms with Gasteiger partial charge in [-0.15, -0.1) is 0 Å². The number of hydrogen-bond acceptors (Lipinski definition) is 4. The molecule has 2 aromatic rings. The summed E-state index contributed by atoms with van der Waals surface area (Å²) < 4.78 is 31.5. The van der Waals surface area contributed by atoms with Crippen LogP contribution in [0.2, 0.25) is 0 Å². The maximum absolute atomic E-state index is 13.3. The van der Waals surface area contributed by atoms with Crippen LogP contribution in [0.1, 0.15) is 48.5 Å². The number of carbonyl (C=O) groups is 1. The van der Waals surface area contributed by atoms with Crippen molar-refractivity contribution in [2.75, 3.05) is 18.1 Å². The van der Waals surface area contributed by atoms with Gasteiger partial charge in [0.2, 0.25) is 10.0 Å². The SMILES string of the molecule is CS(=O)(=O)N1CCc2c(cccc2NC(=O)C(OC2CCCC2)c2ccccc2)C1. The first-order chi connectivity index (χ1) is 14.4. The smallest absolute Gasteiger partial charge is 0.258 e. The van der Waals surface area contributed by atoms with Crippen LogP contribution >= 0.6 is 0 Å². The van der Waals surface area contributed by atoms with Gasteiger partial charge in [0.1, 0.15) is 0 Å². The number of hydrogen-bond donors (Lipinski definition) is 1. The Morgan fingerprint density at radius 3 is 2.53 bits per heavy atom. The summed E-state index contributed by atoms with van der Waals surface area (Å²) in [6.45, 7) is 0.748. The Kier molecular flexibility index (Phi) is 6.22. The number of carbonyl (C=O) groups excluding carboxylic acids is 1. The number of amides is 1. The quantitative estimate of drug-likeness (QED) is 0.762. The highest BCUT2D eigenvalue weighted by Gasteiger charge is 2.29. The van der Waals surface area contributed by atoms with Crippen LogP contribution in [0.5, 0.6) is 0 Å². The van der Waals surface area contributed by atoms with Crippen molar-refractivity contribution in [3.05, 3.63) is 65.2 Å². The Morgan fingerprint density at radius 2 is 1.83 bits per heavy atom. The van der Waals surface area contributed by atoms with E-state index in [-0.39, 0.29) is 12.0 Å². The molecule has 1 saturated carbocycles. The van der Waals surface area contributed by atoms with Gasteiger partial charge in [0.05, 0.1) is 12.4 Å². The van der Waals surface area contributed by atoms with Crippen LogP contribution < -0.4 is 5.32 Å². The standard InChI is InChI=1S/C23H28N2O4S/c1-30(27,28)25-15-14-20-18(16-25)10-7-13-21(20)24-23(26)22(17-8-3-2-4-9-17)29-19-11-5-6-12-19/h2-4,7-10,13,19,22H,5-6,11-12,14-16H2,1H3,(H,24,26). The lowest BCUT2D eigenvalue weighted by Gasteiger charge is -2.29. The molecule has 1 N–H and O–H groups in total. The van der Waals surface area contributed by atoms with E-state index in [4.69, 9.17) is 4.74 Å². The fourth-order valence-corrected chi connectivity index (χ4v) is 5.12. The molecular weight excluding hydrogens is 400 g/mol. The van der Waals surface area contributed by atoms with Crippen molar-refractivity contribution in [1.29, 1.82) is 0 Å². The molecule has 1 aliphatic heterocycles. The van der Waals surface area contributed by atoms with Gasteiger partial charge in [0, 0.05) is 18.8 Å². The van der Waals surface area contributed by atoms with Gasteiger partial charge in [0.15, 0.2) is 6.10 Å². The molecule has 1 aliphatic carbocycles. The van der Waals surface area contributed by atoms with Gasteiger partial charge >= 0.3 is 0 Å². The summed E-state index contributed by atoms with van der Waals surface area (Å²) in [5.74, 6) is -0.188. The predicted molar refractivity (Wildman–Crippen MR) is 117 cm³/mol. The average molecular weight is 429 g/mol. The second-order valence-electron chi connectivity index (χ2n) is 8.11. The molecule has 0 saturated heterocycles. The van der Waals surface area contributed by atoms with Crippen molar-refractivity contribution in [3.63, 3.8) is 0 Å². The van der Waals surface area contributed by atoms with Crippen LogP contribution in [0.15, 0.2) is 48.5 Å². The van der Waals surface area contributed by atoms with Crippen LogP contribution in [0.3, 0.4) is 0 Å². The van der Waals surface area contributed by atoms with E-state index in [0.717, 1.165) is 48.1 Å². The number of rotatable bonds is 6. The molecule has 30 heavy (non-hydrogen) atoms. The summed E-state index contributed by atoms with van der Waals surface area (Å²) in [4.78, 5) is 13.3. The highest BCUT2D eigenvalue weighted by Crippen LogP contribution is 2.31. The average Bonchev–Trinajstić information content (AvgIpc) is 3.25. The van der Waals surface area contributed by atoms with E-state index in [2.05, 4.69) is 5.32 Å². The number of benzene rings is 2. The molecule has 1 heterocycles. The Hall–Kier alpha value is -2.22. The molecule has 0 aromatic heterocycles. The molecule has 0 bridgehead atoms. The Bertz CT molecular complexity index is 1000. The second kappa shape index (κ2) is 8.88. The largest absolute Gasteiger partial charge is 0.360 e. The molecule has 4 rings (SSSR count). The summed E-state index contributed by atoms with van der Waals surface area (Å²) >= 11 is 0. The summed E-state index contributed by atoms with van der Waals surface area (Å²) in [5.41, 5.74) is 3.51. The molecule has 6 nitrogen and oxygen atoms in total. The summed E-state index contributed by atoms with van der Waals surface area (Å²) in [5, 5.41) is 3.06. The van der Waals surface area contributed by atoms with Gasteiger partial charge in [0.25, 0.3) is 5.91 Å². The second-order valence-corrected chi connectivity index (χ2v) is 10.1. The maximum Gasteiger partial charge on any atom is 0.258 e. The van der Waals surface area contributed by atoms with E-state index in [1.807, 2.05) is 48.5 Å². The minimum absolute atomic E-state index is 0.106. The number of ether oxygens (including phenoxy) is 1. The molecule has 7 heteroatoms. The molecule has 1 fully saturated rings. The van der Waals surface area contributed by atoms with Crippen molar-refractivity contribution in [2.45, 2.75) is 50.9 Å². The Labute approximate surface area is 178 Å². The fourth-order valence-electron chi connectivity index (χ4n) is 4.32. The predicted octanol–water partition coefficient (Wildman–Crippen LogP) is 3.64. The zero-order valence-electron chi connectivity index (χ0n) is 17.2. The van der Waals surface area contributed by atoms with Gasteiger partial charge in [-0.2, -0.15) is 4.31 Å². The number of fused-ring (bicyclic) bond motifs is 1. The fraction of sp³-hybridized carbons (Fsp3) is 0.435. The molecule has 2 aromatic carbocycles. The molecule has 0 radical (unpaired) electrons. The Morgan fingerprint density at radius 1 is 1.10 bits per heavy atom. The number of sulfonamides is 1. The van der Waals surface area contributed by atoms with Gasteiger partial charge in [-0.1, -0.05) is 55.3 Å². The minimum atomic E-state index is -3.24. The molecular formula is C23H28N2O4S. The molecule has 1 unspecified atom stereocenters. The maximum atomic E-state index is 13.3. The van der Waals surface area contributed by atoms with E-state index in [9.17, 15) is 13.2 Å². The van der Waals surface area contributed by atoms with Gasteiger partial charge in [-0.3, -0.25) is 4.79 Å². The van der Waals surface area contributed by atoms with Gasteiger partial charge < -0.3 is 10.1 Å². The highest BCUT2D eigenvalue weighted by atomic mass is 32.2. The minimum Gasteiger partial charge on any atom is -0.360 e. The third-order valence-corrected chi connectivity index (χ3v) is 7.18. The van der Waals surface area contributed by atoms with E-state index < -0.39 is 16.1 Å². The first-order valence-corrected chi connectivity index (χ1v) is 12.3. The van der Waals surface area contributed by atoms with Crippen LogP contribution in [-0.2, 0) is 32.5 Å². The topological polar surface area (TPSA) is 75.7 Å². The highest BCUT2D eigenvalue weighted by molar-refractivity contribution is 7.88. The van der Waals surface area contributed by atoms with E-state index >= 15 is 0 Å². The summed E-state index contributed by atoms with van der Waals surface area (Å²) in [6.07, 6.45) is 5.48.